The number of aromatic nitrogens is 2. The topological polar surface area (TPSA) is 35.0 Å². The van der Waals surface area contributed by atoms with E-state index in [9.17, 15) is 0 Å². The van der Waals surface area contributed by atoms with Gasteiger partial charge in [-0.15, -0.1) is 6.42 Å². The van der Waals surface area contributed by atoms with Gasteiger partial charge in [-0.05, 0) is 0 Å². The van der Waals surface area contributed by atoms with Crippen LogP contribution in [0.5, 0.6) is 5.88 Å². The maximum Gasteiger partial charge on any atom is 0.233 e. The summed E-state index contributed by atoms with van der Waals surface area (Å²) in [5.74, 6) is 2.78. The molecule has 3 heteroatoms. The van der Waals surface area contributed by atoms with Gasteiger partial charge < -0.3 is 4.74 Å². The molecule has 0 saturated heterocycles. The molecule has 0 aliphatic heterocycles. The standard InChI is InChI=1S/C7H6N2O/c1-2-5-10-7-6-8-3-4-9-7/h1,3-4,6H,5H2. The van der Waals surface area contributed by atoms with Gasteiger partial charge in [0.15, 0.2) is 6.61 Å². The van der Waals surface area contributed by atoms with Gasteiger partial charge in [0.2, 0.25) is 5.88 Å². The fourth-order valence-corrected chi connectivity index (χ4v) is 0.476. The smallest absolute Gasteiger partial charge is 0.233 e. The summed E-state index contributed by atoms with van der Waals surface area (Å²) in [6.07, 6.45) is 9.58. The molecule has 0 radical (unpaired) electrons. The van der Waals surface area contributed by atoms with Gasteiger partial charge in [-0.2, -0.15) is 0 Å². The number of hydrogen-bond acceptors (Lipinski definition) is 3. The molecule has 1 aromatic rings. The second-order valence-corrected chi connectivity index (χ2v) is 1.54. The molecule has 0 atom stereocenters. The molecule has 0 saturated carbocycles. The predicted molar refractivity (Wildman–Crippen MR) is 36.4 cm³/mol. The highest BCUT2D eigenvalue weighted by molar-refractivity contribution is 5.02. The van der Waals surface area contributed by atoms with Crippen molar-refractivity contribution in [1.82, 2.24) is 9.97 Å². The molecule has 50 valence electrons. The van der Waals surface area contributed by atoms with Crippen LogP contribution >= 0.6 is 0 Å². The minimum absolute atomic E-state index is 0.235. The molecule has 0 unspecified atom stereocenters. The zero-order valence-corrected chi connectivity index (χ0v) is 5.32. The number of terminal acetylenes is 1. The zero-order chi connectivity index (χ0) is 7.23. The lowest BCUT2D eigenvalue weighted by molar-refractivity contribution is 0.353. The van der Waals surface area contributed by atoms with E-state index in [0.717, 1.165) is 0 Å². The molecule has 0 fully saturated rings. The molecular weight excluding hydrogens is 128 g/mol. The van der Waals surface area contributed by atoms with E-state index in [0.29, 0.717) is 5.88 Å². The van der Waals surface area contributed by atoms with E-state index in [4.69, 9.17) is 11.2 Å². The van der Waals surface area contributed by atoms with Crippen LogP contribution in [-0.2, 0) is 0 Å². The maximum absolute atomic E-state index is 4.95. The Hall–Kier alpha value is -1.56. The van der Waals surface area contributed by atoms with E-state index in [1.807, 2.05) is 0 Å². The van der Waals surface area contributed by atoms with Gasteiger partial charge in [0.1, 0.15) is 0 Å². The van der Waals surface area contributed by atoms with Gasteiger partial charge >= 0.3 is 0 Å². The van der Waals surface area contributed by atoms with Crippen molar-refractivity contribution in [3.63, 3.8) is 0 Å². The maximum atomic E-state index is 4.95. The van der Waals surface area contributed by atoms with Gasteiger partial charge in [0, 0.05) is 12.4 Å². The minimum atomic E-state index is 0.235. The van der Waals surface area contributed by atoms with E-state index in [-0.39, 0.29) is 6.61 Å². The third-order valence-electron chi connectivity index (χ3n) is 0.843. The fourth-order valence-electron chi connectivity index (χ4n) is 0.476. The Labute approximate surface area is 59.1 Å². The molecule has 0 bridgehead atoms. The first-order chi connectivity index (χ1) is 4.93. The first-order valence-corrected chi connectivity index (χ1v) is 2.76. The van der Waals surface area contributed by atoms with Crippen LogP contribution in [0.25, 0.3) is 0 Å². The fraction of sp³-hybridized carbons (Fsp3) is 0.143. The Morgan fingerprint density at radius 1 is 1.60 bits per heavy atom. The van der Waals surface area contributed by atoms with Crippen molar-refractivity contribution >= 4 is 0 Å². The number of hydrogen-bond donors (Lipinski definition) is 0. The molecule has 1 heterocycles. The summed E-state index contributed by atoms with van der Waals surface area (Å²) < 4.78 is 4.95. The molecule has 0 N–H and O–H groups in total. The molecule has 1 aromatic heterocycles. The van der Waals surface area contributed by atoms with Crippen molar-refractivity contribution < 1.29 is 4.74 Å². The highest BCUT2D eigenvalue weighted by Gasteiger charge is 1.88. The summed E-state index contributed by atoms with van der Waals surface area (Å²) in [6.45, 7) is 0.235. The summed E-state index contributed by atoms with van der Waals surface area (Å²) in [5, 5.41) is 0. The highest BCUT2D eigenvalue weighted by atomic mass is 16.5. The van der Waals surface area contributed by atoms with Gasteiger partial charge in [0.25, 0.3) is 0 Å². The second-order valence-electron chi connectivity index (χ2n) is 1.54. The number of nitrogens with zero attached hydrogens (tertiary/aromatic N) is 2. The largest absolute Gasteiger partial charge is 0.463 e. The Morgan fingerprint density at radius 3 is 3.10 bits per heavy atom. The van der Waals surface area contributed by atoms with E-state index in [1.165, 1.54) is 6.20 Å². The SMILES string of the molecule is C#CCOc1cnccn1. The van der Waals surface area contributed by atoms with Crippen molar-refractivity contribution in [1.29, 1.82) is 0 Å². The van der Waals surface area contributed by atoms with Gasteiger partial charge in [-0.1, -0.05) is 5.92 Å². The van der Waals surface area contributed by atoms with E-state index < -0.39 is 0 Å². The van der Waals surface area contributed by atoms with Gasteiger partial charge in [0.05, 0.1) is 6.20 Å². The summed E-state index contributed by atoms with van der Waals surface area (Å²) in [4.78, 5) is 7.62. The van der Waals surface area contributed by atoms with Crippen LogP contribution in [-0.4, -0.2) is 16.6 Å². The third kappa shape index (κ3) is 1.75. The van der Waals surface area contributed by atoms with Crippen LogP contribution in [0.15, 0.2) is 18.6 Å². The lowest BCUT2D eigenvalue weighted by atomic mass is 10.7. The lowest BCUT2D eigenvalue weighted by Gasteiger charge is -1.96. The molecule has 0 spiro atoms. The monoisotopic (exact) mass is 134 g/mol. The van der Waals surface area contributed by atoms with Crippen LogP contribution in [0.4, 0.5) is 0 Å². The summed E-state index contributed by atoms with van der Waals surface area (Å²) in [6, 6.07) is 0. The first-order valence-electron chi connectivity index (χ1n) is 2.76. The van der Waals surface area contributed by atoms with Crippen molar-refractivity contribution in [3.8, 4) is 18.2 Å². The summed E-state index contributed by atoms with van der Waals surface area (Å²) in [5.41, 5.74) is 0. The average molecular weight is 134 g/mol. The first kappa shape index (κ1) is 6.56. The molecule has 1 rings (SSSR count). The van der Waals surface area contributed by atoms with E-state index >= 15 is 0 Å². The summed E-state index contributed by atoms with van der Waals surface area (Å²) >= 11 is 0. The van der Waals surface area contributed by atoms with Crippen molar-refractivity contribution in [3.05, 3.63) is 18.6 Å². The normalized spacial score (nSPS) is 8.30. The third-order valence-corrected chi connectivity index (χ3v) is 0.843. The van der Waals surface area contributed by atoms with Crippen LogP contribution in [0.3, 0.4) is 0 Å². The van der Waals surface area contributed by atoms with Gasteiger partial charge in [-0.3, -0.25) is 4.98 Å². The van der Waals surface area contributed by atoms with Crippen molar-refractivity contribution in [2.75, 3.05) is 6.61 Å². The number of rotatable bonds is 2. The number of ether oxygens (including phenoxy) is 1. The van der Waals surface area contributed by atoms with Crippen LogP contribution in [0.2, 0.25) is 0 Å². The molecular formula is C7H6N2O. The molecule has 0 aliphatic carbocycles. The second kappa shape index (κ2) is 3.46. The Kier molecular flexibility index (Phi) is 2.27. The van der Waals surface area contributed by atoms with Crippen LogP contribution < -0.4 is 4.74 Å². The Balaban J connectivity index is 2.52. The minimum Gasteiger partial charge on any atom is -0.463 e. The Bertz CT molecular complexity index is 227. The molecule has 10 heavy (non-hydrogen) atoms. The molecule has 0 amide bonds. The van der Waals surface area contributed by atoms with E-state index in [2.05, 4.69) is 15.9 Å². The zero-order valence-electron chi connectivity index (χ0n) is 5.32. The molecule has 3 nitrogen and oxygen atoms in total. The Morgan fingerprint density at radius 2 is 2.50 bits per heavy atom. The lowest BCUT2D eigenvalue weighted by Crippen LogP contribution is -1.95. The highest BCUT2D eigenvalue weighted by Crippen LogP contribution is 1.98. The van der Waals surface area contributed by atoms with Crippen LogP contribution in [0.1, 0.15) is 0 Å². The summed E-state index contributed by atoms with van der Waals surface area (Å²) in [7, 11) is 0. The van der Waals surface area contributed by atoms with Gasteiger partial charge in [-0.25, -0.2) is 4.98 Å². The van der Waals surface area contributed by atoms with Crippen molar-refractivity contribution in [2.45, 2.75) is 0 Å². The average Bonchev–Trinajstić information content (AvgIpc) is 2.03. The van der Waals surface area contributed by atoms with Crippen molar-refractivity contribution in [2.24, 2.45) is 0 Å². The predicted octanol–water partition coefficient (Wildman–Crippen LogP) is 0.489. The molecule has 0 aromatic carbocycles. The quantitative estimate of drug-likeness (QED) is 0.552. The van der Waals surface area contributed by atoms with Crippen LogP contribution in [0, 0.1) is 12.3 Å². The van der Waals surface area contributed by atoms with E-state index in [1.54, 1.807) is 12.4 Å². The molecule has 0 aliphatic rings.